The van der Waals surface area contributed by atoms with Crippen molar-refractivity contribution >= 4 is 11.8 Å². The molecule has 4 aliphatic carbocycles. The van der Waals surface area contributed by atoms with E-state index in [9.17, 15) is 14.7 Å². The first-order valence-electron chi connectivity index (χ1n) is 15.5. The van der Waals surface area contributed by atoms with Crippen LogP contribution in [0, 0.1) is 52.3 Å². The van der Waals surface area contributed by atoms with Gasteiger partial charge in [-0.25, -0.2) is 4.79 Å². The second kappa shape index (κ2) is 10.7. The first-order valence-corrected chi connectivity index (χ1v) is 15.5. The first-order chi connectivity index (χ1) is 18.0. The van der Waals surface area contributed by atoms with Gasteiger partial charge in [0.2, 0.25) is 0 Å². The van der Waals surface area contributed by atoms with E-state index in [1.165, 1.54) is 25.7 Å². The number of fused-ring (bicyclic) bond motifs is 5. The van der Waals surface area contributed by atoms with Crippen molar-refractivity contribution < 1.29 is 19.4 Å². The number of carbonyl (C=O) groups is 2. The predicted octanol–water partition coefficient (Wildman–Crippen LogP) is 7.48. The Morgan fingerprint density at radius 1 is 0.974 bits per heavy atom. The molecule has 10 atom stereocenters. The zero-order chi connectivity index (χ0) is 27.2. The van der Waals surface area contributed by atoms with Crippen molar-refractivity contribution in [2.24, 2.45) is 52.3 Å². The normalized spacial score (nSPS) is 40.1. The largest absolute Gasteiger partial charge is 0.459 e. The van der Waals surface area contributed by atoms with Crippen LogP contribution in [0.1, 0.15) is 109 Å². The summed E-state index contributed by atoms with van der Waals surface area (Å²) in [6.07, 6.45) is 9.91. The number of aliphatic hydroxyl groups excluding tert-OH is 1. The van der Waals surface area contributed by atoms with Crippen LogP contribution in [0.5, 0.6) is 0 Å². The monoisotopic (exact) mass is 522 g/mol. The number of hydrogen-bond acceptors (Lipinski definition) is 4. The molecular formula is C34H50O4. The Kier molecular flexibility index (Phi) is 7.86. The molecule has 38 heavy (non-hydrogen) atoms. The van der Waals surface area contributed by atoms with Crippen molar-refractivity contribution in [1.82, 2.24) is 0 Å². The number of rotatable bonds is 7. The molecule has 5 rings (SSSR count). The lowest BCUT2D eigenvalue weighted by atomic mass is 9.44. The topological polar surface area (TPSA) is 63.6 Å². The summed E-state index contributed by atoms with van der Waals surface area (Å²) in [6.45, 7) is 11.7. The van der Waals surface area contributed by atoms with Gasteiger partial charge in [-0.2, -0.15) is 0 Å². The molecule has 0 amide bonds. The smallest absolute Gasteiger partial charge is 0.338 e. The summed E-state index contributed by atoms with van der Waals surface area (Å²) in [7, 11) is 0. The van der Waals surface area contributed by atoms with Gasteiger partial charge < -0.3 is 9.84 Å². The van der Waals surface area contributed by atoms with E-state index in [-0.39, 0.29) is 40.8 Å². The standard InChI is InChI=1S/C34H50O4/c1-21(2)30(38-32(37)23-9-7-6-8-10-23)14-11-22(3)26-12-13-27-31-28(16-18-34(26,27)5)33(4)17-15-25(35)19-24(33)20-29(31)36/h6-10,21-22,24-28,30-31,35H,11-20H2,1-5H3/t22-,24-,25+,26-,27+,28+,30-,31+,33+,34-/m1/s1. The zero-order valence-corrected chi connectivity index (χ0v) is 24.3. The average Bonchev–Trinajstić information content (AvgIpc) is 3.24. The number of hydrogen-bond donors (Lipinski definition) is 1. The maximum Gasteiger partial charge on any atom is 0.338 e. The van der Waals surface area contributed by atoms with E-state index in [0.29, 0.717) is 47.4 Å². The van der Waals surface area contributed by atoms with Gasteiger partial charge in [0.25, 0.3) is 0 Å². The Morgan fingerprint density at radius 3 is 2.37 bits per heavy atom. The van der Waals surface area contributed by atoms with Crippen molar-refractivity contribution in [3.8, 4) is 0 Å². The third kappa shape index (κ3) is 4.88. The Labute approximate surface area is 230 Å². The minimum absolute atomic E-state index is 0.0793. The van der Waals surface area contributed by atoms with Crippen LogP contribution in [0.25, 0.3) is 0 Å². The van der Waals surface area contributed by atoms with Crippen LogP contribution in [0.4, 0.5) is 0 Å². The van der Waals surface area contributed by atoms with E-state index in [4.69, 9.17) is 4.74 Å². The SMILES string of the molecule is CC(C)[C@@H](CC[C@@H](C)[C@H]1CC[C@H]2[C@@H]3C(=O)C[C@H]4C[C@@H](O)CC[C@]4(C)[C@H]3CC[C@]12C)OC(=O)c1ccccc1. The second-order valence-electron chi connectivity index (χ2n) is 14.4. The Bertz CT molecular complexity index is 1000. The Hall–Kier alpha value is -1.68. The molecule has 4 nitrogen and oxygen atoms in total. The number of ether oxygens (including phenoxy) is 1. The Morgan fingerprint density at radius 2 is 1.66 bits per heavy atom. The van der Waals surface area contributed by atoms with E-state index in [1.54, 1.807) is 0 Å². The van der Waals surface area contributed by atoms with Gasteiger partial charge in [0, 0.05) is 12.3 Å². The highest BCUT2D eigenvalue weighted by molar-refractivity contribution is 5.89. The molecule has 0 unspecified atom stereocenters. The first kappa shape index (κ1) is 27.9. The molecule has 4 fully saturated rings. The number of benzene rings is 1. The summed E-state index contributed by atoms with van der Waals surface area (Å²) in [5.41, 5.74) is 1.06. The highest BCUT2D eigenvalue weighted by atomic mass is 16.5. The third-order valence-corrected chi connectivity index (χ3v) is 12.1. The summed E-state index contributed by atoms with van der Waals surface area (Å²) >= 11 is 0. The molecule has 0 heterocycles. The fourth-order valence-electron chi connectivity index (χ4n) is 9.82. The molecule has 0 saturated heterocycles. The maximum atomic E-state index is 13.7. The molecule has 4 heteroatoms. The highest BCUT2D eigenvalue weighted by Gasteiger charge is 2.63. The lowest BCUT2D eigenvalue weighted by molar-refractivity contribution is -0.160. The van der Waals surface area contributed by atoms with Gasteiger partial charge in [0.15, 0.2) is 0 Å². The molecule has 0 aromatic heterocycles. The van der Waals surface area contributed by atoms with Gasteiger partial charge in [-0.15, -0.1) is 0 Å². The fourth-order valence-corrected chi connectivity index (χ4v) is 9.82. The van der Waals surface area contributed by atoms with E-state index in [1.807, 2.05) is 30.3 Å². The van der Waals surface area contributed by atoms with Gasteiger partial charge >= 0.3 is 5.97 Å². The third-order valence-electron chi connectivity index (χ3n) is 12.1. The number of carbonyl (C=O) groups excluding carboxylic acids is 2. The van der Waals surface area contributed by atoms with Gasteiger partial charge in [-0.05, 0) is 116 Å². The van der Waals surface area contributed by atoms with E-state index >= 15 is 0 Å². The number of esters is 1. The van der Waals surface area contributed by atoms with Crippen LogP contribution >= 0.6 is 0 Å². The lowest BCUT2D eigenvalue weighted by Crippen LogP contribution is -2.57. The van der Waals surface area contributed by atoms with Crippen molar-refractivity contribution in [3.63, 3.8) is 0 Å². The number of Topliss-reactive ketones (excluding diaryl/α,β-unsaturated/α-hetero) is 1. The van der Waals surface area contributed by atoms with Crippen LogP contribution < -0.4 is 0 Å². The summed E-state index contributed by atoms with van der Waals surface area (Å²) in [4.78, 5) is 26.4. The van der Waals surface area contributed by atoms with Gasteiger partial charge in [0.1, 0.15) is 11.9 Å². The molecule has 1 aromatic carbocycles. The van der Waals surface area contributed by atoms with Crippen LogP contribution in [0.3, 0.4) is 0 Å². The maximum absolute atomic E-state index is 13.7. The van der Waals surface area contributed by atoms with Gasteiger partial charge in [0.05, 0.1) is 11.7 Å². The van der Waals surface area contributed by atoms with Crippen molar-refractivity contribution in [1.29, 1.82) is 0 Å². The number of aliphatic hydroxyl groups is 1. The minimum atomic E-state index is -0.221. The van der Waals surface area contributed by atoms with Gasteiger partial charge in [-0.3, -0.25) is 4.79 Å². The molecule has 0 radical (unpaired) electrons. The molecule has 0 bridgehead atoms. The summed E-state index contributed by atoms with van der Waals surface area (Å²) in [6, 6.07) is 9.32. The molecule has 210 valence electrons. The highest BCUT2D eigenvalue weighted by Crippen LogP contribution is 2.67. The fraction of sp³-hybridized carbons (Fsp3) is 0.765. The van der Waals surface area contributed by atoms with Crippen molar-refractivity contribution in [2.75, 3.05) is 0 Å². The van der Waals surface area contributed by atoms with Crippen LogP contribution in [-0.4, -0.2) is 29.1 Å². The molecule has 0 aliphatic heterocycles. The van der Waals surface area contributed by atoms with Crippen LogP contribution in [0.2, 0.25) is 0 Å². The van der Waals surface area contributed by atoms with Crippen molar-refractivity contribution in [3.05, 3.63) is 35.9 Å². The summed E-state index contributed by atoms with van der Waals surface area (Å²) in [5, 5.41) is 10.3. The van der Waals surface area contributed by atoms with E-state index in [0.717, 1.165) is 32.1 Å². The van der Waals surface area contributed by atoms with Crippen molar-refractivity contribution in [2.45, 2.75) is 111 Å². The molecule has 0 spiro atoms. The average molecular weight is 523 g/mol. The zero-order valence-electron chi connectivity index (χ0n) is 24.3. The van der Waals surface area contributed by atoms with Gasteiger partial charge in [-0.1, -0.05) is 52.8 Å². The molecule has 4 aliphatic rings. The summed E-state index contributed by atoms with van der Waals surface area (Å²) < 4.78 is 6.00. The van der Waals surface area contributed by atoms with Crippen LogP contribution in [-0.2, 0) is 9.53 Å². The second-order valence-corrected chi connectivity index (χ2v) is 14.4. The quantitative estimate of drug-likeness (QED) is 0.377. The van der Waals surface area contributed by atoms with E-state index in [2.05, 4.69) is 34.6 Å². The molecule has 1 aromatic rings. The molecular weight excluding hydrogens is 472 g/mol. The van der Waals surface area contributed by atoms with E-state index < -0.39 is 0 Å². The minimum Gasteiger partial charge on any atom is -0.459 e. The molecule has 4 saturated carbocycles. The van der Waals surface area contributed by atoms with Crippen LogP contribution in [0.15, 0.2) is 30.3 Å². The Balaban J connectivity index is 1.25. The summed E-state index contributed by atoms with van der Waals surface area (Å²) in [5.74, 6) is 3.32. The predicted molar refractivity (Wildman–Crippen MR) is 150 cm³/mol. The molecule has 1 N–H and O–H groups in total. The number of ketones is 1. The lowest BCUT2D eigenvalue weighted by Gasteiger charge is -2.60.